The zero-order valence-corrected chi connectivity index (χ0v) is 20.8. The lowest BCUT2D eigenvalue weighted by Crippen LogP contribution is -2.54. The summed E-state index contributed by atoms with van der Waals surface area (Å²) in [7, 11) is 4.28. The molecule has 9 nitrogen and oxygen atoms in total. The number of aryl methyl sites for hydroxylation is 2. The van der Waals surface area contributed by atoms with Crippen molar-refractivity contribution in [1.82, 2.24) is 14.0 Å². The van der Waals surface area contributed by atoms with Crippen LogP contribution in [0.5, 0.6) is 0 Å². The molecule has 0 spiro atoms. The molecule has 2 atom stereocenters. The number of nitrogens with zero attached hydrogens (tertiary/aromatic N) is 4. The number of methoxy groups -OCH3 is 1. The molecule has 2 heterocycles. The Morgan fingerprint density at radius 2 is 1.76 bits per heavy atom. The standard InChI is InChI=1S/C26H24F3N4O5/c1-30-20-11-10-14(12-21(20)31(2)24(30)36)32-13-17(23(35)38-3)22(34)33(25(32)37)19-9-5-6-15-16(19)7-4-8-18(15)26(27,28)29/h4,7-8,10-13,17,19H,5-6,9H2,1-3H3/q+1/t17?,19-/m0/s1. The molecule has 0 N–H and O–H groups in total. The average molecular weight is 529 g/mol. The maximum Gasteiger partial charge on any atom is 0.506 e. The molecule has 0 saturated heterocycles. The Balaban J connectivity index is 1.66. The van der Waals surface area contributed by atoms with Crippen LogP contribution in [-0.2, 0) is 41.0 Å². The summed E-state index contributed by atoms with van der Waals surface area (Å²) in [4.78, 5) is 53.2. The van der Waals surface area contributed by atoms with E-state index in [1.54, 1.807) is 32.3 Å². The number of carbonyl (C=O) groups is 3. The Bertz CT molecular complexity index is 1600. The number of hydrogen-bond acceptors (Lipinski definition) is 5. The first-order valence-electron chi connectivity index (χ1n) is 11.9. The molecule has 0 bridgehead atoms. The zero-order valence-electron chi connectivity index (χ0n) is 20.8. The molecule has 5 rings (SSSR count). The molecular formula is C26H24F3N4O5+. The number of ether oxygens (including phenoxy) is 1. The van der Waals surface area contributed by atoms with E-state index in [0.717, 1.165) is 28.9 Å². The number of halogens is 3. The summed E-state index contributed by atoms with van der Waals surface area (Å²) < 4.78 is 50.0. The second-order valence-corrected chi connectivity index (χ2v) is 9.36. The minimum Gasteiger partial charge on any atom is -0.468 e. The molecule has 198 valence electrons. The van der Waals surface area contributed by atoms with E-state index in [-0.39, 0.29) is 35.3 Å². The van der Waals surface area contributed by atoms with Gasteiger partial charge < -0.3 is 4.74 Å². The van der Waals surface area contributed by atoms with Crippen LogP contribution in [0.15, 0.2) is 41.2 Å². The number of carbonyl (C=O) groups excluding carboxylic acids is 3. The van der Waals surface area contributed by atoms with E-state index in [0.29, 0.717) is 17.5 Å². The Morgan fingerprint density at radius 3 is 2.45 bits per heavy atom. The Morgan fingerprint density at radius 1 is 1.05 bits per heavy atom. The van der Waals surface area contributed by atoms with Gasteiger partial charge in [-0.1, -0.05) is 12.1 Å². The van der Waals surface area contributed by atoms with Crippen molar-refractivity contribution in [2.75, 3.05) is 7.11 Å². The monoisotopic (exact) mass is 529 g/mol. The van der Waals surface area contributed by atoms with Crippen LogP contribution >= 0.6 is 0 Å². The van der Waals surface area contributed by atoms with Gasteiger partial charge in [-0.3, -0.25) is 13.9 Å². The molecule has 38 heavy (non-hydrogen) atoms. The molecule has 0 radical (unpaired) electrons. The predicted molar refractivity (Wildman–Crippen MR) is 129 cm³/mol. The highest BCUT2D eigenvalue weighted by Crippen LogP contribution is 2.42. The number of fused-ring (bicyclic) bond motifs is 2. The number of urea groups is 1. The normalized spacial score (nSPS) is 19.9. The molecule has 1 aliphatic carbocycles. The lowest BCUT2D eigenvalue weighted by Gasteiger charge is -2.33. The lowest BCUT2D eigenvalue weighted by atomic mass is 9.83. The van der Waals surface area contributed by atoms with Crippen molar-refractivity contribution in [2.24, 2.45) is 20.0 Å². The number of imide groups is 1. The summed E-state index contributed by atoms with van der Waals surface area (Å²) in [5.41, 5.74) is 0.549. The van der Waals surface area contributed by atoms with Crippen molar-refractivity contribution in [3.63, 3.8) is 0 Å². The summed E-state index contributed by atoms with van der Waals surface area (Å²) in [6.07, 6.45) is -2.76. The fourth-order valence-corrected chi connectivity index (χ4v) is 5.41. The topological polar surface area (TPSA) is 93.6 Å². The Kier molecular flexibility index (Phi) is 6.00. The Labute approximate surface area is 214 Å². The van der Waals surface area contributed by atoms with Crippen molar-refractivity contribution in [2.45, 2.75) is 31.5 Å². The van der Waals surface area contributed by atoms with Crippen molar-refractivity contribution in [3.05, 3.63) is 63.6 Å². The van der Waals surface area contributed by atoms with Crippen LogP contribution in [0.1, 0.15) is 35.6 Å². The summed E-state index contributed by atoms with van der Waals surface area (Å²) in [5, 5.41) is 0. The van der Waals surface area contributed by atoms with Gasteiger partial charge in [-0.15, -0.1) is 0 Å². The van der Waals surface area contributed by atoms with Gasteiger partial charge in [0.05, 0.1) is 23.7 Å². The number of aromatic nitrogens is 2. The molecule has 1 aromatic heterocycles. The molecule has 3 aromatic rings. The number of benzene rings is 2. The number of esters is 1. The second-order valence-electron chi connectivity index (χ2n) is 9.36. The van der Waals surface area contributed by atoms with Gasteiger partial charge in [-0.2, -0.15) is 27.4 Å². The van der Waals surface area contributed by atoms with E-state index in [1.807, 2.05) is 0 Å². The van der Waals surface area contributed by atoms with Gasteiger partial charge in [0.1, 0.15) is 17.9 Å². The van der Waals surface area contributed by atoms with Crippen molar-refractivity contribution in [3.8, 4) is 0 Å². The van der Waals surface area contributed by atoms with Crippen LogP contribution in [0.3, 0.4) is 0 Å². The first-order chi connectivity index (χ1) is 18.0. The maximum absolute atomic E-state index is 13.8. The highest BCUT2D eigenvalue weighted by Gasteiger charge is 2.52. The third-order valence-corrected chi connectivity index (χ3v) is 7.30. The second kappa shape index (κ2) is 8.96. The highest BCUT2D eigenvalue weighted by molar-refractivity contribution is 6.16. The SMILES string of the molecule is COC(=O)C1C=[N+](c2ccc3c(c2)n(C)c(=O)n3C)C(=O)N([C@H]2CCCc3c2cccc3C(F)(F)F)C1=O. The van der Waals surface area contributed by atoms with Crippen LogP contribution in [0.25, 0.3) is 11.0 Å². The number of imidazole rings is 1. The van der Waals surface area contributed by atoms with Crippen LogP contribution < -0.4 is 5.69 Å². The van der Waals surface area contributed by atoms with Crippen LogP contribution in [-0.4, -0.2) is 49.8 Å². The predicted octanol–water partition coefficient (Wildman–Crippen LogP) is 3.44. The van der Waals surface area contributed by atoms with Crippen molar-refractivity contribution in [1.29, 1.82) is 0 Å². The number of amides is 3. The highest BCUT2D eigenvalue weighted by atomic mass is 19.4. The van der Waals surface area contributed by atoms with Gasteiger partial charge in [-0.05, 0) is 43.0 Å². The minimum absolute atomic E-state index is 0.0354. The van der Waals surface area contributed by atoms with E-state index in [2.05, 4.69) is 0 Å². The summed E-state index contributed by atoms with van der Waals surface area (Å²) in [5.74, 6) is -3.28. The molecular weight excluding hydrogens is 505 g/mol. The van der Waals surface area contributed by atoms with Gasteiger partial charge in [0.2, 0.25) is 5.92 Å². The summed E-state index contributed by atoms with van der Waals surface area (Å²) >= 11 is 0. The van der Waals surface area contributed by atoms with Gasteiger partial charge in [0, 0.05) is 25.7 Å². The average Bonchev–Trinajstić information content (AvgIpc) is 3.11. The van der Waals surface area contributed by atoms with E-state index >= 15 is 0 Å². The fourth-order valence-electron chi connectivity index (χ4n) is 5.41. The molecule has 2 aliphatic rings. The van der Waals surface area contributed by atoms with Gasteiger partial charge in [0.15, 0.2) is 0 Å². The third kappa shape index (κ3) is 3.82. The zero-order chi connectivity index (χ0) is 27.5. The molecule has 1 aliphatic heterocycles. The number of rotatable bonds is 3. The van der Waals surface area contributed by atoms with Gasteiger partial charge in [-0.25, -0.2) is 9.59 Å². The molecule has 3 amide bonds. The maximum atomic E-state index is 13.8. The molecule has 1 unspecified atom stereocenters. The molecule has 0 fully saturated rings. The van der Waals surface area contributed by atoms with E-state index in [1.165, 1.54) is 21.3 Å². The largest absolute Gasteiger partial charge is 0.506 e. The summed E-state index contributed by atoms with van der Waals surface area (Å²) in [6, 6.07) is 6.67. The first kappa shape index (κ1) is 25.4. The van der Waals surface area contributed by atoms with Crippen LogP contribution in [0, 0.1) is 5.92 Å². The smallest absolute Gasteiger partial charge is 0.468 e. The van der Waals surface area contributed by atoms with E-state index < -0.39 is 41.6 Å². The fraction of sp³-hybridized carbons (Fsp3) is 0.346. The lowest BCUT2D eigenvalue weighted by molar-refractivity contribution is -0.346. The molecule has 12 heteroatoms. The van der Waals surface area contributed by atoms with Gasteiger partial charge in [0.25, 0.3) is 0 Å². The van der Waals surface area contributed by atoms with Crippen molar-refractivity contribution >= 4 is 40.8 Å². The molecule has 0 saturated carbocycles. The number of hydrogen-bond donors (Lipinski definition) is 0. The molecule has 2 aromatic carbocycles. The van der Waals surface area contributed by atoms with E-state index in [9.17, 15) is 32.3 Å². The van der Waals surface area contributed by atoms with Gasteiger partial charge >= 0.3 is 29.8 Å². The third-order valence-electron chi connectivity index (χ3n) is 7.30. The quantitative estimate of drug-likeness (QED) is 0.295. The summed E-state index contributed by atoms with van der Waals surface area (Å²) in [6.45, 7) is 0. The van der Waals surface area contributed by atoms with Crippen molar-refractivity contribution < 1.29 is 36.9 Å². The minimum atomic E-state index is -4.60. The first-order valence-corrected chi connectivity index (χ1v) is 11.9. The van der Waals surface area contributed by atoms with Crippen LogP contribution in [0.4, 0.5) is 23.7 Å². The number of alkyl halides is 3. The van der Waals surface area contributed by atoms with E-state index in [4.69, 9.17) is 4.74 Å². The van der Waals surface area contributed by atoms with Crippen LogP contribution in [0.2, 0.25) is 0 Å². The Hall–Kier alpha value is -4.22.